The molecule has 27 heavy (non-hydrogen) atoms. The van der Waals surface area contributed by atoms with Gasteiger partial charge in [-0.1, -0.05) is 29.8 Å². The average molecular weight is 416 g/mol. The van der Waals surface area contributed by atoms with Crippen molar-refractivity contribution in [3.8, 4) is 0 Å². The number of aliphatic carboxylic acids is 1. The van der Waals surface area contributed by atoms with Crippen molar-refractivity contribution in [2.24, 2.45) is 5.92 Å². The Morgan fingerprint density at radius 2 is 1.78 bits per heavy atom. The average Bonchev–Trinajstić information content (AvgIpc) is 2.96. The molecule has 138 valence electrons. The number of halogens is 1. The summed E-state index contributed by atoms with van der Waals surface area (Å²) in [4.78, 5) is 10.9. The predicted octanol–water partition coefficient (Wildman–Crippen LogP) is -1.28. The first-order valence-corrected chi connectivity index (χ1v) is 10.3. The van der Waals surface area contributed by atoms with Gasteiger partial charge in [0, 0.05) is 24.0 Å². The minimum absolute atomic E-state index is 0. The van der Waals surface area contributed by atoms with Crippen LogP contribution in [0, 0.1) is 5.92 Å². The standard InChI is InChI=1S/C19H20ClNO4S.Na/c20-17-3-5-18(6-4-17)26(24,25)21-8-7-14-9-15-2-1-13(12-19(22)23)10-16(15)11-14;/h1-6,10,14,21H,7-9,11-12H2,(H,22,23);/q;+1/p-1. The molecule has 0 aliphatic heterocycles. The Morgan fingerprint density at radius 3 is 2.44 bits per heavy atom. The summed E-state index contributed by atoms with van der Waals surface area (Å²) in [6, 6.07) is 11.8. The molecule has 1 aliphatic carbocycles. The molecule has 1 atom stereocenters. The van der Waals surface area contributed by atoms with Gasteiger partial charge in [-0.2, -0.15) is 0 Å². The van der Waals surface area contributed by atoms with Crippen molar-refractivity contribution < 1.29 is 47.9 Å². The summed E-state index contributed by atoms with van der Waals surface area (Å²) in [7, 11) is -3.54. The van der Waals surface area contributed by atoms with E-state index >= 15 is 0 Å². The second kappa shape index (κ2) is 9.54. The molecule has 0 fully saturated rings. The van der Waals surface area contributed by atoms with Crippen LogP contribution in [0.25, 0.3) is 0 Å². The van der Waals surface area contributed by atoms with E-state index in [1.807, 2.05) is 18.2 Å². The molecule has 1 unspecified atom stereocenters. The first kappa shape index (κ1) is 22.4. The van der Waals surface area contributed by atoms with Crippen LogP contribution in [0.1, 0.15) is 23.1 Å². The van der Waals surface area contributed by atoms with Crippen LogP contribution in [0.2, 0.25) is 5.02 Å². The third kappa shape index (κ3) is 6.04. The molecule has 2 aromatic rings. The molecule has 5 nitrogen and oxygen atoms in total. The number of carboxylic acid groups (broad SMARTS) is 1. The number of benzene rings is 2. The fraction of sp³-hybridized carbons (Fsp3) is 0.316. The normalized spacial score (nSPS) is 15.8. The molecule has 0 radical (unpaired) electrons. The monoisotopic (exact) mass is 415 g/mol. The van der Waals surface area contributed by atoms with Gasteiger partial charge in [0.1, 0.15) is 0 Å². The molecule has 0 saturated heterocycles. The molecule has 1 aliphatic rings. The topological polar surface area (TPSA) is 86.3 Å². The number of rotatable bonds is 7. The maximum Gasteiger partial charge on any atom is 1.00 e. The fourth-order valence-electron chi connectivity index (χ4n) is 3.34. The van der Waals surface area contributed by atoms with Crippen LogP contribution in [-0.2, 0) is 34.1 Å². The van der Waals surface area contributed by atoms with E-state index in [2.05, 4.69) is 4.72 Å². The zero-order chi connectivity index (χ0) is 18.7. The van der Waals surface area contributed by atoms with Crippen LogP contribution in [-0.4, -0.2) is 20.9 Å². The number of carbonyl (C=O) groups is 1. The van der Waals surface area contributed by atoms with Gasteiger partial charge in [-0.05, 0) is 66.1 Å². The molecule has 2 aromatic carbocycles. The van der Waals surface area contributed by atoms with Crippen LogP contribution in [0.15, 0.2) is 47.4 Å². The van der Waals surface area contributed by atoms with Crippen LogP contribution >= 0.6 is 11.6 Å². The minimum Gasteiger partial charge on any atom is -0.550 e. The minimum atomic E-state index is -3.54. The summed E-state index contributed by atoms with van der Waals surface area (Å²) in [6.07, 6.45) is 2.35. The molecular weight excluding hydrogens is 397 g/mol. The molecule has 8 heteroatoms. The summed E-state index contributed by atoms with van der Waals surface area (Å²) in [5.74, 6) is -0.743. The first-order valence-electron chi connectivity index (χ1n) is 8.39. The summed E-state index contributed by atoms with van der Waals surface area (Å²) in [6.45, 7) is 0.357. The van der Waals surface area contributed by atoms with Gasteiger partial charge in [-0.25, -0.2) is 13.1 Å². The Hall–Kier alpha value is -0.890. The van der Waals surface area contributed by atoms with Crippen molar-refractivity contribution in [3.63, 3.8) is 0 Å². The molecule has 0 aromatic heterocycles. The summed E-state index contributed by atoms with van der Waals surface area (Å²) in [5, 5.41) is 11.2. The molecule has 0 amide bonds. The van der Waals surface area contributed by atoms with Gasteiger partial charge < -0.3 is 9.90 Å². The van der Waals surface area contributed by atoms with E-state index in [0.717, 1.165) is 30.4 Å². The molecule has 0 spiro atoms. The van der Waals surface area contributed by atoms with Crippen LogP contribution in [0.3, 0.4) is 0 Å². The number of sulfonamides is 1. The van der Waals surface area contributed by atoms with Crippen molar-refractivity contribution in [1.82, 2.24) is 4.72 Å². The van der Waals surface area contributed by atoms with Crippen molar-refractivity contribution in [2.45, 2.75) is 30.6 Å². The number of carboxylic acids is 1. The third-order valence-electron chi connectivity index (χ3n) is 4.60. The van der Waals surface area contributed by atoms with Gasteiger partial charge in [-0.15, -0.1) is 0 Å². The van der Waals surface area contributed by atoms with E-state index < -0.39 is 16.0 Å². The Morgan fingerprint density at radius 1 is 1.11 bits per heavy atom. The predicted molar refractivity (Wildman–Crippen MR) is 97.3 cm³/mol. The number of hydrogen-bond acceptors (Lipinski definition) is 4. The molecular formula is C19H19ClNNaO4S. The Balaban J connectivity index is 0.00000261. The van der Waals surface area contributed by atoms with Gasteiger partial charge in [0.2, 0.25) is 10.0 Å². The molecule has 3 rings (SSSR count). The van der Waals surface area contributed by atoms with Crippen LogP contribution < -0.4 is 39.4 Å². The van der Waals surface area contributed by atoms with Gasteiger partial charge >= 0.3 is 29.6 Å². The number of carbonyl (C=O) groups excluding carboxylic acids is 1. The van der Waals surface area contributed by atoms with E-state index in [9.17, 15) is 18.3 Å². The zero-order valence-corrected chi connectivity index (χ0v) is 18.6. The third-order valence-corrected chi connectivity index (χ3v) is 6.33. The van der Waals surface area contributed by atoms with E-state index in [4.69, 9.17) is 11.6 Å². The van der Waals surface area contributed by atoms with E-state index in [1.54, 1.807) is 12.1 Å². The van der Waals surface area contributed by atoms with Crippen LogP contribution in [0.5, 0.6) is 0 Å². The number of nitrogens with one attached hydrogen (secondary N) is 1. The van der Waals surface area contributed by atoms with Gasteiger partial charge in [-0.3, -0.25) is 0 Å². The molecule has 0 bridgehead atoms. The van der Waals surface area contributed by atoms with Gasteiger partial charge in [0.05, 0.1) is 4.90 Å². The smallest absolute Gasteiger partial charge is 0.550 e. The summed E-state index contributed by atoms with van der Waals surface area (Å²) < 4.78 is 27.2. The molecule has 0 saturated carbocycles. The van der Waals surface area contributed by atoms with Crippen molar-refractivity contribution in [1.29, 1.82) is 0 Å². The molecule has 0 heterocycles. The van der Waals surface area contributed by atoms with Gasteiger partial charge in [0.15, 0.2) is 0 Å². The first-order chi connectivity index (χ1) is 12.3. The largest absolute Gasteiger partial charge is 1.00 e. The van der Waals surface area contributed by atoms with Crippen molar-refractivity contribution >= 4 is 27.6 Å². The maximum atomic E-state index is 12.3. The quantitative estimate of drug-likeness (QED) is 0.571. The van der Waals surface area contributed by atoms with Crippen molar-refractivity contribution in [2.75, 3.05) is 6.54 Å². The number of hydrogen-bond donors (Lipinski definition) is 1. The molecule has 1 N–H and O–H groups in total. The maximum absolute atomic E-state index is 12.3. The zero-order valence-electron chi connectivity index (χ0n) is 15.1. The second-order valence-corrected chi connectivity index (χ2v) is 8.77. The van der Waals surface area contributed by atoms with E-state index in [1.165, 1.54) is 17.7 Å². The van der Waals surface area contributed by atoms with Crippen molar-refractivity contribution in [3.05, 3.63) is 64.2 Å². The Labute approximate surface area is 186 Å². The fourth-order valence-corrected chi connectivity index (χ4v) is 4.51. The second-order valence-electron chi connectivity index (χ2n) is 6.57. The van der Waals surface area contributed by atoms with E-state index in [-0.39, 0.29) is 40.9 Å². The van der Waals surface area contributed by atoms with Crippen LogP contribution in [0.4, 0.5) is 0 Å². The Kier molecular flexibility index (Phi) is 7.92. The SMILES string of the molecule is O=C([O-])Cc1ccc2c(c1)CC(CCNS(=O)(=O)c1ccc(Cl)cc1)C2.[Na+]. The van der Waals surface area contributed by atoms with E-state index in [0.29, 0.717) is 17.5 Å². The number of fused-ring (bicyclic) bond motifs is 1. The summed E-state index contributed by atoms with van der Waals surface area (Å²) >= 11 is 5.78. The van der Waals surface area contributed by atoms with Gasteiger partial charge in [0.25, 0.3) is 0 Å². The Bertz CT molecular complexity index is 916. The summed E-state index contributed by atoms with van der Waals surface area (Å²) in [5.41, 5.74) is 3.10.